The average molecular weight is 547 g/mol. The number of thiazole rings is 1. The molecule has 0 bridgehead atoms. The minimum Gasteiger partial charge on any atom is -0.507 e. The molecule has 8 heteroatoms. The molecule has 1 N–H and O–H groups in total. The van der Waals surface area contributed by atoms with Crippen molar-refractivity contribution in [3.8, 4) is 5.75 Å². The second-order valence-electron chi connectivity index (χ2n) is 9.27. The van der Waals surface area contributed by atoms with E-state index in [9.17, 15) is 14.7 Å². The first-order valence-corrected chi connectivity index (χ1v) is 13.7. The number of rotatable bonds is 8. The molecular weight excluding hydrogens is 520 g/mol. The highest BCUT2D eigenvalue weighted by Gasteiger charge is 2.48. The van der Waals surface area contributed by atoms with Crippen LogP contribution < -0.4 is 9.64 Å². The zero-order valence-electron chi connectivity index (χ0n) is 21.1. The van der Waals surface area contributed by atoms with E-state index in [-0.39, 0.29) is 11.3 Å². The highest BCUT2D eigenvalue weighted by molar-refractivity contribution is 7.22. The monoisotopic (exact) mass is 546 g/mol. The Hall–Kier alpha value is -3.68. The third-order valence-electron chi connectivity index (χ3n) is 6.49. The number of amides is 1. The van der Waals surface area contributed by atoms with Crippen molar-refractivity contribution in [3.05, 3.63) is 94.0 Å². The quantitative estimate of drug-likeness (QED) is 0.107. The van der Waals surface area contributed by atoms with E-state index in [0.717, 1.165) is 29.5 Å². The van der Waals surface area contributed by atoms with E-state index in [2.05, 4.69) is 11.9 Å². The lowest BCUT2D eigenvalue weighted by atomic mass is 9.94. The molecule has 38 heavy (non-hydrogen) atoms. The summed E-state index contributed by atoms with van der Waals surface area (Å²) in [5.74, 6) is -1.05. The van der Waals surface area contributed by atoms with Gasteiger partial charge in [-0.15, -0.1) is 0 Å². The molecule has 1 atom stereocenters. The Kier molecular flexibility index (Phi) is 7.49. The second kappa shape index (κ2) is 11.0. The number of halogens is 1. The van der Waals surface area contributed by atoms with Gasteiger partial charge in [0.2, 0.25) is 0 Å². The standard InChI is InChI=1S/C30H27ClN2O4S/c1-3-4-5-15-37-22-12-9-19(10-13-22)27(34)25-26(20-8-6-7-18(2)16-20)33(29(36)28(25)35)30-32-23-14-11-21(31)17-24(23)38-30/h6-14,16-17,26,34H,3-5,15H2,1-2H3/b27-25+. The van der Waals surface area contributed by atoms with Gasteiger partial charge in [-0.2, -0.15) is 0 Å². The Labute approximate surface area is 230 Å². The maximum absolute atomic E-state index is 13.4. The Morgan fingerprint density at radius 1 is 1.08 bits per heavy atom. The van der Waals surface area contributed by atoms with Crippen LogP contribution in [0.25, 0.3) is 16.0 Å². The fourth-order valence-electron chi connectivity index (χ4n) is 4.58. The number of nitrogens with zero attached hydrogens (tertiary/aromatic N) is 2. The van der Waals surface area contributed by atoms with Crippen LogP contribution in [-0.4, -0.2) is 28.4 Å². The molecule has 1 aromatic heterocycles. The molecule has 1 amide bonds. The molecule has 0 spiro atoms. The van der Waals surface area contributed by atoms with Crippen LogP contribution in [-0.2, 0) is 9.59 Å². The number of aromatic nitrogens is 1. The maximum atomic E-state index is 13.4. The van der Waals surface area contributed by atoms with Crippen LogP contribution in [0.5, 0.6) is 5.75 Å². The Bertz CT molecular complexity index is 1540. The van der Waals surface area contributed by atoms with Gasteiger partial charge in [0, 0.05) is 10.6 Å². The predicted molar refractivity (Wildman–Crippen MR) is 152 cm³/mol. The molecular formula is C30H27ClN2O4S. The summed E-state index contributed by atoms with van der Waals surface area (Å²) >= 11 is 7.44. The summed E-state index contributed by atoms with van der Waals surface area (Å²) in [6.07, 6.45) is 3.18. The molecule has 0 aliphatic carbocycles. The summed E-state index contributed by atoms with van der Waals surface area (Å²) in [4.78, 5) is 32.9. The minimum atomic E-state index is -0.837. The number of ketones is 1. The molecule has 2 heterocycles. The molecule has 3 aromatic carbocycles. The summed E-state index contributed by atoms with van der Waals surface area (Å²) < 4.78 is 6.58. The number of carbonyl (C=O) groups is 2. The van der Waals surface area contributed by atoms with Gasteiger partial charge < -0.3 is 9.84 Å². The van der Waals surface area contributed by atoms with E-state index in [1.54, 1.807) is 42.5 Å². The van der Waals surface area contributed by atoms with Gasteiger partial charge in [-0.05, 0) is 61.4 Å². The molecule has 0 radical (unpaired) electrons. The van der Waals surface area contributed by atoms with Crippen molar-refractivity contribution in [2.45, 2.75) is 39.2 Å². The van der Waals surface area contributed by atoms with Gasteiger partial charge in [-0.3, -0.25) is 14.5 Å². The number of aliphatic hydroxyl groups is 1. The predicted octanol–water partition coefficient (Wildman–Crippen LogP) is 7.45. The lowest BCUT2D eigenvalue weighted by molar-refractivity contribution is -0.132. The number of hydrogen-bond donors (Lipinski definition) is 1. The first-order valence-electron chi connectivity index (χ1n) is 12.5. The highest BCUT2D eigenvalue weighted by atomic mass is 35.5. The first kappa shape index (κ1) is 25.9. The average Bonchev–Trinajstić information content (AvgIpc) is 3.44. The number of hydrogen-bond acceptors (Lipinski definition) is 6. The molecule has 194 valence electrons. The summed E-state index contributed by atoms with van der Waals surface area (Å²) in [6, 6.07) is 18.9. The number of anilines is 1. The van der Waals surface area contributed by atoms with Crippen LogP contribution in [0.15, 0.2) is 72.3 Å². The van der Waals surface area contributed by atoms with Crippen molar-refractivity contribution >= 4 is 55.7 Å². The Balaban J connectivity index is 1.58. The smallest absolute Gasteiger partial charge is 0.301 e. The zero-order valence-corrected chi connectivity index (χ0v) is 22.7. The van der Waals surface area contributed by atoms with E-state index in [4.69, 9.17) is 16.3 Å². The van der Waals surface area contributed by atoms with Gasteiger partial charge in [-0.1, -0.05) is 72.5 Å². The molecule has 1 saturated heterocycles. The SMILES string of the molecule is CCCCCOc1ccc(/C(O)=C2\C(=O)C(=O)N(c3nc4ccc(Cl)cc4s3)C2c2cccc(C)c2)cc1. The fourth-order valence-corrected chi connectivity index (χ4v) is 5.85. The molecule has 1 fully saturated rings. The third-order valence-corrected chi connectivity index (χ3v) is 7.74. The van der Waals surface area contributed by atoms with E-state index >= 15 is 0 Å². The van der Waals surface area contributed by atoms with E-state index in [1.165, 1.54) is 16.2 Å². The van der Waals surface area contributed by atoms with Gasteiger partial charge in [0.1, 0.15) is 11.5 Å². The number of carbonyl (C=O) groups excluding carboxylic acids is 2. The number of aliphatic hydroxyl groups excluding tert-OH is 1. The molecule has 0 saturated carbocycles. The normalized spacial score (nSPS) is 16.9. The summed E-state index contributed by atoms with van der Waals surface area (Å²) in [5.41, 5.74) is 2.80. The Morgan fingerprint density at radius 3 is 2.61 bits per heavy atom. The number of benzene rings is 3. The number of Topliss-reactive ketones (excluding diaryl/α,β-unsaturated/α-hetero) is 1. The summed E-state index contributed by atoms with van der Waals surface area (Å²) in [7, 11) is 0. The lowest BCUT2D eigenvalue weighted by Crippen LogP contribution is -2.29. The van der Waals surface area contributed by atoms with Crippen molar-refractivity contribution in [1.29, 1.82) is 0 Å². The second-order valence-corrected chi connectivity index (χ2v) is 10.7. The minimum absolute atomic E-state index is 0.0227. The van der Waals surface area contributed by atoms with Crippen LogP contribution >= 0.6 is 22.9 Å². The van der Waals surface area contributed by atoms with Crippen LogP contribution in [0.4, 0.5) is 5.13 Å². The molecule has 4 aromatic rings. The van der Waals surface area contributed by atoms with Crippen molar-refractivity contribution in [2.24, 2.45) is 0 Å². The zero-order chi connectivity index (χ0) is 26.8. The highest BCUT2D eigenvalue weighted by Crippen LogP contribution is 2.44. The number of unbranched alkanes of at least 4 members (excludes halogenated alkanes) is 2. The van der Waals surface area contributed by atoms with E-state index < -0.39 is 17.7 Å². The number of aryl methyl sites for hydroxylation is 1. The van der Waals surface area contributed by atoms with E-state index in [0.29, 0.717) is 39.2 Å². The van der Waals surface area contributed by atoms with Crippen LogP contribution in [0.2, 0.25) is 5.02 Å². The number of ether oxygens (including phenoxy) is 1. The lowest BCUT2D eigenvalue weighted by Gasteiger charge is -2.23. The molecule has 1 unspecified atom stereocenters. The largest absolute Gasteiger partial charge is 0.507 e. The Morgan fingerprint density at radius 2 is 1.87 bits per heavy atom. The molecule has 1 aliphatic rings. The van der Waals surface area contributed by atoms with Crippen molar-refractivity contribution in [1.82, 2.24) is 4.98 Å². The topological polar surface area (TPSA) is 79.7 Å². The summed E-state index contributed by atoms with van der Waals surface area (Å²) in [6.45, 7) is 4.69. The van der Waals surface area contributed by atoms with E-state index in [1.807, 2.05) is 31.2 Å². The summed E-state index contributed by atoms with van der Waals surface area (Å²) in [5, 5.41) is 12.3. The molecule has 5 rings (SSSR count). The maximum Gasteiger partial charge on any atom is 0.301 e. The van der Waals surface area contributed by atoms with Crippen LogP contribution in [0.3, 0.4) is 0 Å². The van der Waals surface area contributed by atoms with Crippen LogP contribution in [0, 0.1) is 6.92 Å². The number of fused-ring (bicyclic) bond motifs is 1. The van der Waals surface area contributed by atoms with Crippen molar-refractivity contribution < 1.29 is 19.4 Å². The van der Waals surface area contributed by atoms with Crippen molar-refractivity contribution in [2.75, 3.05) is 11.5 Å². The van der Waals surface area contributed by atoms with Crippen LogP contribution in [0.1, 0.15) is 48.9 Å². The third kappa shape index (κ3) is 5.04. The van der Waals surface area contributed by atoms with Gasteiger partial charge in [0.25, 0.3) is 5.78 Å². The first-order chi connectivity index (χ1) is 18.4. The molecule has 1 aliphatic heterocycles. The van der Waals surface area contributed by atoms with Gasteiger partial charge >= 0.3 is 5.91 Å². The van der Waals surface area contributed by atoms with Gasteiger partial charge in [-0.25, -0.2) is 4.98 Å². The molecule has 6 nitrogen and oxygen atoms in total. The van der Waals surface area contributed by atoms with Gasteiger partial charge in [0.15, 0.2) is 5.13 Å². The van der Waals surface area contributed by atoms with Crippen molar-refractivity contribution in [3.63, 3.8) is 0 Å². The fraction of sp³-hybridized carbons (Fsp3) is 0.233. The van der Waals surface area contributed by atoms with Gasteiger partial charge in [0.05, 0.1) is 28.4 Å².